The largest absolute Gasteiger partial charge is 0.368 e. The van der Waals surface area contributed by atoms with Gasteiger partial charge in [0.25, 0.3) is 0 Å². The molecular weight excluding hydrogens is 372 g/mol. The molecule has 0 spiro atoms. The quantitative estimate of drug-likeness (QED) is 0.660. The van der Waals surface area contributed by atoms with Crippen molar-refractivity contribution >= 4 is 44.6 Å². The summed E-state index contributed by atoms with van der Waals surface area (Å²) in [6.07, 6.45) is 1.68. The van der Waals surface area contributed by atoms with Crippen LogP contribution in [0.4, 0.5) is 5.95 Å². The molecule has 0 amide bonds. The number of rotatable bonds is 2. The first-order valence-corrected chi connectivity index (χ1v) is 7.57. The number of imidazole rings is 1. The van der Waals surface area contributed by atoms with Gasteiger partial charge in [0.2, 0.25) is 5.95 Å². The summed E-state index contributed by atoms with van der Waals surface area (Å²) >= 11 is 9.51. The Labute approximate surface area is 138 Å². The summed E-state index contributed by atoms with van der Waals surface area (Å²) in [7, 11) is 0. The second-order valence-electron chi connectivity index (χ2n) is 4.91. The number of nitrogens with two attached hydrogens (primary N) is 1. The van der Waals surface area contributed by atoms with Gasteiger partial charge in [0.05, 0.1) is 12.2 Å². The van der Waals surface area contributed by atoms with Crippen molar-refractivity contribution in [1.29, 1.82) is 0 Å². The molecule has 3 N–H and O–H groups in total. The van der Waals surface area contributed by atoms with E-state index in [-0.39, 0.29) is 18.2 Å². The highest BCUT2D eigenvalue weighted by Crippen LogP contribution is 2.23. The average molecular weight is 384 g/mol. The maximum atomic E-state index is 12.2. The van der Waals surface area contributed by atoms with Crippen molar-refractivity contribution in [2.24, 2.45) is 0 Å². The summed E-state index contributed by atoms with van der Waals surface area (Å²) in [5.74, 6) is 0.0822. The van der Waals surface area contributed by atoms with E-state index in [2.05, 4.69) is 35.9 Å². The third-order valence-electron chi connectivity index (χ3n) is 3.43. The van der Waals surface area contributed by atoms with Gasteiger partial charge in [-0.2, -0.15) is 4.98 Å². The van der Waals surface area contributed by atoms with E-state index in [4.69, 9.17) is 17.3 Å². The van der Waals surface area contributed by atoms with Crippen LogP contribution >= 0.6 is 27.5 Å². The maximum absolute atomic E-state index is 12.2. The van der Waals surface area contributed by atoms with Gasteiger partial charge in [0.15, 0.2) is 5.65 Å². The van der Waals surface area contributed by atoms with Gasteiger partial charge in [-0.15, -0.1) is 0 Å². The third-order valence-corrected chi connectivity index (χ3v) is 4.58. The summed E-state index contributed by atoms with van der Waals surface area (Å²) in [6, 6.07) is 0. The lowest BCUT2D eigenvalue weighted by molar-refractivity contribution is 0.750. The van der Waals surface area contributed by atoms with Crippen LogP contribution < -0.4 is 11.4 Å². The van der Waals surface area contributed by atoms with Crippen LogP contribution in [0.1, 0.15) is 16.8 Å². The molecule has 0 aliphatic carbocycles. The van der Waals surface area contributed by atoms with E-state index >= 15 is 0 Å². The van der Waals surface area contributed by atoms with E-state index in [9.17, 15) is 4.79 Å². The molecule has 0 unspecified atom stereocenters. The summed E-state index contributed by atoms with van der Waals surface area (Å²) in [4.78, 5) is 27.4. The Morgan fingerprint density at radius 1 is 1.41 bits per heavy atom. The number of aryl methyl sites for hydroxylation is 1. The van der Waals surface area contributed by atoms with Gasteiger partial charge in [0, 0.05) is 11.2 Å². The van der Waals surface area contributed by atoms with Crippen molar-refractivity contribution in [3.63, 3.8) is 0 Å². The number of aromatic amines is 1. The normalized spacial score (nSPS) is 11.3. The Morgan fingerprint density at radius 2 is 2.14 bits per heavy atom. The molecule has 9 heteroatoms. The minimum Gasteiger partial charge on any atom is -0.368 e. The predicted molar refractivity (Wildman–Crippen MR) is 88.1 cm³/mol. The Morgan fingerprint density at radius 3 is 2.86 bits per heavy atom. The van der Waals surface area contributed by atoms with Gasteiger partial charge in [-0.3, -0.25) is 9.55 Å². The summed E-state index contributed by atoms with van der Waals surface area (Å²) in [6.45, 7) is 4.00. The van der Waals surface area contributed by atoms with Crippen molar-refractivity contribution in [2.75, 3.05) is 5.73 Å². The Kier molecular flexibility index (Phi) is 3.65. The highest BCUT2D eigenvalue weighted by Gasteiger charge is 2.15. The molecular formula is C13H12BrClN6O. The summed E-state index contributed by atoms with van der Waals surface area (Å²) < 4.78 is 1.90. The number of pyridine rings is 1. The van der Waals surface area contributed by atoms with E-state index in [1.807, 2.05) is 13.8 Å². The van der Waals surface area contributed by atoms with E-state index in [0.29, 0.717) is 26.5 Å². The van der Waals surface area contributed by atoms with E-state index in [0.717, 1.165) is 11.1 Å². The molecule has 3 aromatic heterocycles. The Bertz CT molecular complexity index is 948. The fourth-order valence-corrected chi connectivity index (χ4v) is 2.83. The van der Waals surface area contributed by atoms with E-state index < -0.39 is 0 Å². The molecule has 3 rings (SSSR count). The molecule has 0 bridgehead atoms. The summed E-state index contributed by atoms with van der Waals surface area (Å²) in [5.41, 5.74) is 8.68. The average Bonchev–Trinajstić information content (AvgIpc) is 2.76. The van der Waals surface area contributed by atoms with Gasteiger partial charge in [-0.1, -0.05) is 11.6 Å². The molecule has 0 saturated carbocycles. The van der Waals surface area contributed by atoms with Crippen molar-refractivity contribution < 1.29 is 0 Å². The lowest BCUT2D eigenvalue weighted by Gasteiger charge is -2.09. The van der Waals surface area contributed by atoms with Crippen molar-refractivity contribution in [3.05, 3.63) is 43.1 Å². The first-order valence-electron chi connectivity index (χ1n) is 6.40. The van der Waals surface area contributed by atoms with Crippen LogP contribution in [0.5, 0.6) is 0 Å². The third kappa shape index (κ3) is 2.38. The van der Waals surface area contributed by atoms with Crippen molar-refractivity contribution in [1.82, 2.24) is 24.5 Å². The number of nitrogens with zero attached hydrogens (tertiary/aromatic N) is 4. The van der Waals surface area contributed by atoms with E-state index in [1.165, 1.54) is 4.57 Å². The lowest BCUT2D eigenvalue weighted by Crippen LogP contribution is -2.19. The zero-order chi connectivity index (χ0) is 16.0. The second-order valence-corrected chi connectivity index (χ2v) is 6.04. The van der Waals surface area contributed by atoms with Crippen molar-refractivity contribution in [3.8, 4) is 0 Å². The number of nitrogens with one attached hydrogen (secondary N) is 1. The van der Waals surface area contributed by atoms with Gasteiger partial charge >= 0.3 is 5.69 Å². The topological polar surface area (TPSA) is 102 Å². The number of nitrogen functional groups attached to an aromatic ring is 1. The SMILES string of the molecule is Cc1cnc(Cn2c(=O)[nH]c3c(Br)nc(N)nc32)c(C)c1Cl. The zero-order valence-corrected chi connectivity index (χ0v) is 14.2. The molecule has 22 heavy (non-hydrogen) atoms. The molecule has 7 nitrogen and oxygen atoms in total. The molecule has 0 atom stereocenters. The number of aromatic nitrogens is 5. The maximum Gasteiger partial charge on any atom is 0.328 e. The number of anilines is 1. The van der Waals surface area contributed by atoms with Gasteiger partial charge in [-0.25, -0.2) is 9.78 Å². The smallest absolute Gasteiger partial charge is 0.328 e. The molecule has 0 aliphatic heterocycles. The van der Waals surface area contributed by atoms with Crippen LogP contribution in [-0.2, 0) is 6.54 Å². The van der Waals surface area contributed by atoms with Gasteiger partial charge in [0.1, 0.15) is 10.1 Å². The standard InChI is InChI=1S/C13H12BrClN6O/c1-5-3-17-7(6(2)8(5)15)4-21-11-9(18-13(21)22)10(14)19-12(16)20-11/h3H,4H2,1-2H3,(H,18,22)(H2,16,19,20). The fraction of sp³-hybridized carbons (Fsp3) is 0.231. The highest BCUT2D eigenvalue weighted by atomic mass is 79.9. The fourth-order valence-electron chi connectivity index (χ4n) is 2.22. The summed E-state index contributed by atoms with van der Waals surface area (Å²) in [5, 5.41) is 0.646. The molecule has 114 valence electrons. The Balaban J connectivity index is 2.18. The number of fused-ring (bicyclic) bond motifs is 1. The van der Waals surface area contributed by atoms with Crippen LogP contribution in [0, 0.1) is 13.8 Å². The monoisotopic (exact) mass is 382 g/mol. The molecule has 0 saturated heterocycles. The van der Waals surface area contributed by atoms with Crippen LogP contribution in [0.15, 0.2) is 15.6 Å². The Hall–Kier alpha value is -1.93. The zero-order valence-electron chi connectivity index (χ0n) is 11.8. The number of halogens is 2. The van der Waals surface area contributed by atoms with E-state index in [1.54, 1.807) is 6.20 Å². The molecule has 0 aliphatic rings. The molecule has 0 aromatic carbocycles. The predicted octanol–water partition coefficient (Wildman–Crippen LogP) is 2.18. The molecule has 3 heterocycles. The first kappa shape index (κ1) is 15.0. The molecule has 0 fully saturated rings. The van der Waals surface area contributed by atoms with Crippen LogP contribution in [-0.4, -0.2) is 24.5 Å². The number of hydrogen-bond donors (Lipinski definition) is 2. The number of H-pyrrole nitrogens is 1. The minimum atomic E-state index is -0.312. The van der Waals surface area contributed by atoms with Gasteiger partial charge in [-0.05, 0) is 40.9 Å². The van der Waals surface area contributed by atoms with Crippen molar-refractivity contribution in [2.45, 2.75) is 20.4 Å². The molecule has 0 radical (unpaired) electrons. The van der Waals surface area contributed by atoms with Gasteiger partial charge < -0.3 is 10.7 Å². The first-order chi connectivity index (χ1) is 10.4. The number of hydrogen-bond acceptors (Lipinski definition) is 5. The second kappa shape index (κ2) is 5.36. The van der Waals surface area contributed by atoms with Crippen LogP contribution in [0.25, 0.3) is 11.2 Å². The lowest BCUT2D eigenvalue weighted by atomic mass is 10.1. The van der Waals surface area contributed by atoms with Crippen LogP contribution in [0.2, 0.25) is 5.02 Å². The van der Waals surface area contributed by atoms with Crippen LogP contribution in [0.3, 0.4) is 0 Å². The molecule has 3 aromatic rings. The minimum absolute atomic E-state index is 0.0822. The highest BCUT2D eigenvalue weighted by molar-refractivity contribution is 9.10.